The Labute approximate surface area is 139 Å². The van der Waals surface area contributed by atoms with E-state index in [-0.39, 0.29) is 11.8 Å². The molecule has 2 N–H and O–H groups in total. The van der Waals surface area contributed by atoms with Gasteiger partial charge in [-0.25, -0.2) is 4.98 Å². The number of H-pyrrole nitrogens is 1. The normalized spacial score (nSPS) is 11.1. The van der Waals surface area contributed by atoms with E-state index in [2.05, 4.69) is 15.3 Å². The van der Waals surface area contributed by atoms with Crippen LogP contribution in [-0.4, -0.2) is 15.9 Å². The standard InChI is InChI=1S/C18H19N3OS/c1-12(2)17(22)19-14-8-4-3-7-13(14)11-23-18-20-15-9-5-6-10-16(15)21-18/h3-10,12H,11H2,1-2H3,(H,19,22)(H,20,21). The summed E-state index contributed by atoms with van der Waals surface area (Å²) in [6.45, 7) is 3.78. The zero-order valence-electron chi connectivity index (χ0n) is 13.2. The third-order valence-electron chi connectivity index (χ3n) is 3.53. The lowest BCUT2D eigenvalue weighted by molar-refractivity contribution is -0.118. The second-order valence-electron chi connectivity index (χ2n) is 5.65. The molecular weight excluding hydrogens is 306 g/mol. The van der Waals surface area contributed by atoms with Crippen molar-refractivity contribution < 1.29 is 4.79 Å². The van der Waals surface area contributed by atoms with Crippen LogP contribution in [0.25, 0.3) is 11.0 Å². The van der Waals surface area contributed by atoms with Crippen molar-refractivity contribution in [3.8, 4) is 0 Å². The van der Waals surface area contributed by atoms with Crippen molar-refractivity contribution in [1.82, 2.24) is 9.97 Å². The van der Waals surface area contributed by atoms with E-state index in [0.717, 1.165) is 33.2 Å². The van der Waals surface area contributed by atoms with Gasteiger partial charge in [0.15, 0.2) is 5.16 Å². The number of nitrogens with one attached hydrogen (secondary N) is 2. The highest BCUT2D eigenvalue weighted by atomic mass is 32.2. The van der Waals surface area contributed by atoms with Gasteiger partial charge in [0, 0.05) is 17.4 Å². The molecule has 1 aromatic heterocycles. The number of amides is 1. The van der Waals surface area contributed by atoms with Gasteiger partial charge in [-0.3, -0.25) is 4.79 Å². The van der Waals surface area contributed by atoms with E-state index in [4.69, 9.17) is 0 Å². The maximum absolute atomic E-state index is 11.9. The second kappa shape index (κ2) is 6.87. The number of thioether (sulfide) groups is 1. The number of hydrogen-bond donors (Lipinski definition) is 2. The van der Waals surface area contributed by atoms with Crippen molar-refractivity contribution in [2.75, 3.05) is 5.32 Å². The largest absolute Gasteiger partial charge is 0.333 e. The lowest BCUT2D eigenvalue weighted by Crippen LogP contribution is -2.18. The van der Waals surface area contributed by atoms with Crippen molar-refractivity contribution in [2.45, 2.75) is 24.8 Å². The second-order valence-corrected chi connectivity index (χ2v) is 6.61. The van der Waals surface area contributed by atoms with E-state index < -0.39 is 0 Å². The Morgan fingerprint density at radius 1 is 1.17 bits per heavy atom. The minimum Gasteiger partial charge on any atom is -0.333 e. The molecule has 1 heterocycles. The summed E-state index contributed by atoms with van der Waals surface area (Å²) < 4.78 is 0. The van der Waals surface area contributed by atoms with Crippen LogP contribution in [0, 0.1) is 5.92 Å². The Morgan fingerprint density at radius 3 is 2.70 bits per heavy atom. The van der Waals surface area contributed by atoms with Gasteiger partial charge in [-0.2, -0.15) is 0 Å². The number of carbonyl (C=O) groups is 1. The number of para-hydroxylation sites is 3. The first-order valence-corrected chi connectivity index (χ1v) is 8.58. The number of aromatic nitrogens is 2. The fourth-order valence-electron chi connectivity index (χ4n) is 2.19. The number of anilines is 1. The molecule has 0 saturated heterocycles. The molecular formula is C18H19N3OS. The molecule has 4 nitrogen and oxygen atoms in total. The number of imidazole rings is 1. The van der Waals surface area contributed by atoms with Crippen molar-refractivity contribution in [3.05, 3.63) is 54.1 Å². The smallest absolute Gasteiger partial charge is 0.226 e. The van der Waals surface area contributed by atoms with Crippen LogP contribution in [0.2, 0.25) is 0 Å². The number of fused-ring (bicyclic) bond motifs is 1. The monoisotopic (exact) mass is 325 g/mol. The molecule has 0 radical (unpaired) electrons. The van der Waals surface area contributed by atoms with Crippen molar-refractivity contribution in [2.24, 2.45) is 5.92 Å². The molecule has 5 heteroatoms. The van der Waals surface area contributed by atoms with Gasteiger partial charge in [0.05, 0.1) is 11.0 Å². The third kappa shape index (κ3) is 3.74. The first-order valence-electron chi connectivity index (χ1n) is 7.60. The molecule has 1 amide bonds. The Kier molecular flexibility index (Phi) is 4.67. The highest BCUT2D eigenvalue weighted by molar-refractivity contribution is 7.98. The molecule has 0 aliphatic heterocycles. The van der Waals surface area contributed by atoms with Crippen LogP contribution in [-0.2, 0) is 10.5 Å². The number of benzene rings is 2. The fourth-order valence-corrected chi connectivity index (χ4v) is 3.08. The molecule has 0 bridgehead atoms. The summed E-state index contributed by atoms with van der Waals surface area (Å²) in [4.78, 5) is 19.8. The number of nitrogens with zero attached hydrogens (tertiary/aromatic N) is 1. The molecule has 0 atom stereocenters. The first-order chi connectivity index (χ1) is 11.1. The molecule has 3 rings (SSSR count). The summed E-state index contributed by atoms with van der Waals surface area (Å²) in [6, 6.07) is 15.9. The van der Waals surface area contributed by atoms with E-state index in [9.17, 15) is 4.79 Å². The van der Waals surface area contributed by atoms with Gasteiger partial charge in [0.25, 0.3) is 0 Å². The average Bonchev–Trinajstić information content (AvgIpc) is 2.96. The molecule has 0 aliphatic carbocycles. The average molecular weight is 325 g/mol. The van der Waals surface area contributed by atoms with Crippen molar-refractivity contribution in [3.63, 3.8) is 0 Å². The Hall–Kier alpha value is -2.27. The van der Waals surface area contributed by atoms with Gasteiger partial charge >= 0.3 is 0 Å². The summed E-state index contributed by atoms with van der Waals surface area (Å²) >= 11 is 1.63. The van der Waals surface area contributed by atoms with Crippen LogP contribution in [0.15, 0.2) is 53.7 Å². The van der Waals surface area contributed by atoms with Gasteiger partial charge in [0.2, 0.25) is 5.91 Å². The van der Waals surface area contributed by atoms with E-state index >= 15 is 0 Å². The predicted molar refractivity (Wildman–Crippen MR) is 95.6 cm³/mol. The fraction of sp³-hybridized carbons (Fsp3) is 0.222. The van der Waals surface area contributed by atoms with Gasteiger partial charge < -0.3 is 10.3 Å². The van der Waals surface area contributed by atoms with E-state index in [1.165, 1.54) is 0 Å². The number of aromatic amines is 1. The quantitative estimate of drug-likeness (QED) is 0.681. The number of hydrogen-bond acceptors (Lipinski definition) is 3. The van der Waals surface area contributed by atoms with Gasteiger partial charge in [-0.1, -0.05) is 55.9 Å². The Balaban J connectivity index is 1.73. The van der Waals surface area contributed by atoms with Crippen LogP contribution in [0.3, 0.4) is 0 Å². The molecule has 0 fully saturated rings. The molecule has 23 heavy (non-hydrogen) atoms. The lowest BCUT2D eigenvalue weighted by Gasteiger charge is -2.12. The summed E-state index contributed by atoms with van der Waals surface area (Å²) in [5, 5.41) is 3.88. The summed E-state index contributed by atoms with van der Waals surface area (Å²) in [5.74, 6) is 0.742. The van der Waals surface area contributed by atoms with Gasteiger partial charge in [-0.05, 0) is 23.8 Å². The summed E-state index contributed by atoms with van der Waals surface area (Å²) in [7, 11) is 0. The van der Waals surface area contributed by atoms with Crippen LogP contribution in [0.5, 0.6) is 0 Å². The van der Waals surface area contributed by atoms with E-state index in [0.29, 0.717) is 0 Å². The van der Waals surface area contributed by atoms with Crippen molar-refractivity contribution in [1.29, 1.82) is 0 Å². The molecule has 118 valence electrons. The predicted octanol–water partition coefficient (Wildman–Crippen LogP) is 4.45. The molecule has 0 aliphatic rings. The highest BCUT2D eigenvalue weighted by Crippen LogP contribution is 2.26. The SMILES string of the molecule is CC(C)C(=O)Nc1ccccc1CSc1nc2ccccc2[nH]1. The minimum atomic E-state index is -0.0360. The van der Waals surface area contributed by atoms with Gasteiger partial charge in [-0.15, -0.1) is 0 Å². The molecule has 0 unspecified atom stereocenters. The maximum Gasteiger partial charge on any atom is 0.226 e. The lowest BCUT2D eigenvalue weighted by atomic mass is 10.1. The summed E-state index contributed by atoms with van der Waals surface area (Å²) in [6.07, 6.45) is 0. The van der Waals surface area contributed by atoms with Crippen LogP contribution in [0.4, 0.5) is 5.69 Å². The Morgan fingerprint density at radius 2 is 1.91 bits per heavy atom. The molecule has 2 aromatic carbocycles. The minimum absolute atomic E-state index is 0.0335. The molecule has 3 aromatic rings. The van der Waals surface area contributed by atoms with Crippen molar-refractivity contribution >= 4 is 34.4 Å². The number of carbonyl (C=O) groups excluding carboxylic acids is 1. The molecule has 0 saturated carbocycles. The zero-order chi connectivity index (χ0) is 16.2. The zero-order valence-corrected chi connectivity index (χ0v) is 14.0. The van der Waals surface area contributed by atoms with Crippen LogP contribution >= 0.6 is 11.8 Å². The van der Waals surface area contributed by atoms with E-state index in [1.54, 1.807) is 11.8 Å². The van der Waals surface area contributed by atoms with Crippen LogP contribution < -0.4 is 5.32 Å². The summed E-state index contributed by atoms with van der Waals surface area (Å²) in [5.41, 5.74) is 3.97. The number of rotatable bonds is 5. The topological polar surface area (TPSA) is 57.8 Å². The van der Waals surface area contributed by atoms with Gasteiger partial charge in [0.1, 0.15) is 0 Å². The first kappa shape index (κ1) is 15.6. The maximum atomic E-state index is 11.9. The molecule has 0 spiro atoms. The highest BCUT2D eigenvalue weighted by Gasteiger charge is 2.11. The third-order valence-corrected chi connectivity index (χ3v) is 4.45. The van der Waals surface area contributed by atoms with E-state index in [1.807, 2.05) is 62.4 Å². The Bertz CT molecular complexity index is 793. The van der Waals surface area contributed by atoms with Crippen LogP contribution in [0.1, 0.15) is 19.4 Å².